The molecule has 16 heavy (non-hydrogen) atoms. The summed E-state index contributed by atoms with van der Waals surface area (Å²) in [5.74, 6) is 3.95. The topological polar surface area (TPSA) is 101 Å². The molecule has 0 fully saturated rings. The van der Waals surface area contributed by atoms with Gasteiger partial charge in [-0.3, -0.25) is 0 Å². The number of carboxylic acids is 1. The second kappa shape index (κ2) is 5.64. The minimum atomic E-state index is -1.24. The summed E-state index contributed by atoms with van der Waals surface area (Å²) in [6.45, 7) is 0. The smallest absolute Gasteiger partial charge is 0.354 e. The SMILES string of the molecule is NN/C(Sc1ccccc1Cl)=C(\N)C(=O)O. The highest BCUT2D eigenvalue weighted by molar-refractivity contribution is 8.03. The fourth-order valence-electron chi connectivity index (χ4n) is 0.897. The third-order valence-electron chi connectivity index (χ3n) is 1.65. The average molecular weight is 260 g/mol. The van der Waals surface area contributed by atoms with Crippen molar-refractivity contribution in [3.05, 3.63) is 40.0 Å². The van der Waals surface area contributed by atoms with E-state index in [9.17, 15) is 4.79 Å². The zero-order valence-electron chi connectivity index (χ0n) is 8.11. The number of halogens is 1. The zero-order chi connectivity index (χ0) is 12.1. The van der Waals surface area contributed by atoms with E-state index in [1.807, 2.05) is 0 Å². The Bertz CT molecular complexity index is 437. The molecule has 1 aromatic carbocycles. The molecule has 0 aliphatic heterocycles. The van der Waals surface area contributed by atoms with Crippen molar-refractivity contribution >= 4 is 29.3 Å². The van der Waals surface area contributed by atoms with Crippen molar-refractivity contribution < 1.29 is 9.90 Å². The van der Waals surface area contributed by atoms with Gasteiger partial charge in [0, 0.05) is 4.90 Å². The van der Waals surface area contributed by atoms with Gasteiger partial charge in [-0.1, -0.05) is 35.5 Å². The van der Waals surface area contributed by atoms with E-state index in [0.29, 0.717) is 9.92 Å². The van der Waals surface area contributed by atoms with Crippen LogP contribution in [-0.4, -0.2) is 11.1 Å². The number of aliphatic carboxylic acids is 1. The van der Waals surface area contributed by atoms with E-state index in [0.717, 1.165) is 11.8 Å². The van der Waals surface area contributed by atoms with Crippen LogP contribution in [0.1, 0.15) is 0 Å². The van der Waals surface area contributed by atoms with Crippen LogP contribution < -0.4 is 17.0 Å². The lowest BCUT2D eigenvalue weighted by atomic mass is 10.4. The summed E-state index contributed by atoms with van der Waals surface area (Å²) in [5, 5.41) is 9.34. The van der Waals surface area contributed by atoms with Gasteiger partial charge >= 0.3 is 5.97 Å². The van der Waals surface area contributed by atoms with Gasteiger partial charge in [-0.2, -0.15) is 0 Å². The summed E-state index contributed by atoms with van der Waals surface area (Å²) in [6.07, 6.45) is 0. The van der Waals surface area contributed by atoms with E-state index in [-0.39, 0.29) is 10.7 Å². The molecule has 0 atom stereocenters. The number of benzene rings is 1. The van der Waals surface area contributed by atoms with Crippen LogP contribution in [0.15, 0.2) is 39.9 Å². The molecular weight excluding hydrogens is 250 g/mol. The van der Waals surface area contributed by atoms with Crippen LogP contribution in [0.2, 0.25) is 5.02 Å². The highest BCUT2D eigenvalue weighted by Gasteiger charge is 2.12. The average Bonchev–Trinajstić information content (AvgIpc) is 2.27. The Morgan fingerprint density at radius 3 is 2.56 bits per heavy atom. The molecule has 0 saturated carbocycles. The first-order chi connectivity index (χ1) is 7.56. The molecule has 0 unspecified atom stereocenters. The van der Waals surface area contributed by atoms with Gasteiger partial charge in [0.1, 0.15) is 10.7 Å². The summed E-state index contributed by atoms with van der Waals surface area (Å²) in [4.78, 5) is 11.3. The number of hydrogen-bond donors (Lipinski definition) is 4. The highest BCUT2D eigenvalue weighted by atomic mass is 35.5. The summed E-state index contributed by atoms with van der Waals surface area (Å²) in [6, 6.07) is 6.97. The second-order valence-corrected chi connectivity index (χ2v) is 4.18. The van der Waals surface area contributed by atoms with Crippen LogP contribution in [-0.2, 0) is 4.79 Å². The van der Waals surface area contributed by atoms with E-state index in [2.05, 4.69) is 5.43 Å². The summed E-state index contributed by atoms with van der Waals surface area (Å²) < 4.78 is 0. The first-order valence-electron chi connectivity index (χ1n) is 4.18. The van der Waals surface area contributed by atoms with Crippen LogP contribution in [0, 0.1) is 0 Å². The molecule has 86 valence electrons. The third kappa shape index (κ3) is 3.06. The van der Waals surface area contributed by atoms with Gasteiger partial charge in [0.05, 0.1) is 5.02 Å². The number of carbonyl (C=O) groups is 1. The normalized spacial score (nSPS) is 11.9. The Kier molecular flexibility index (Phi) is 4.48. The number of hydrogen-bond acceptors (Lipinski definition) is 5. The predicted octanol–water partition coefficient (Wildman–Crippen LogP) is 1.11. The maximum atomic E-state index is 10.7. The van der Waals surface area contributed by atoms with Crippen molar-refractivity contribution in [3.8, 4) is 0 Å². The van der Waals surface area contributed by atoms with Gasteiger partial charge < -0.3 is 16.3 Å². The number of nitrogens with two attached hydrogens (primary N) is 2. The largest absolute Gasteiger partial charge is 0.477 e. The Balaban J connectivity index is 3.00. The van der Waals surface area contributed by atoms with Crippen molar-refractivity contribution in [2.75, 3.05) is 0 Å². The maximum Gasteiger partial charge on any atom is 0.354 e. The van der Waals surface area contributed by atoms with E-state index in [1.54, 1.807) is 24.3 Å². The Morgan fingerprint density at radius 1 is 1.44 bits per heavy atom. The van der Waals surface area contributed by atoms with Gasteiger partial charge in [-0.15, -0.1) is 0 Å². The minimum absolute atomic E-state index is 0.139. The monoisotopic (exact) mass is 259 g/mol. The minimum Gasteiger partial charge on any atom is -0.477 e. The molecule has 7 heteroatoms. The lowest BCUT2D eigenvalue weighted by molar-refractivity contribution is -0.132. The summed E-state index contributed by atoms with van der Waals surface area (Å²) >= 11 is 6.97. The molecule has 1 aromatic rings. The van der Waals surface area contributed by atoms with Crippen LogP contribution in [0.3, 0.4) is 0 Å². The van der Waals surface area contributed by atoms with E-state index in [1.165, 1.54) is 0 Å². The second-order valence-electron chi connectivity index (χ2n) is 2.72. The molecule has 0 amide bonds. The van der Waals surface area contributed by atoms with E-state index >= 15 is 0 Å². The first-order valence-corrected chi connectivity index (χ1v) is 5.37. The van der Waals surface area contributed by atoms with Crippen molar-refractivity contribution in [2.24, 2.45) is 11.6 Å². The van der Waals surface area contributed by atoms with E-state index in [4.69, 9.17) is 28.3 Å². The van der Waals surface area contributed by atoms with Crippen molar-refractivity contribution in [2.45, 2.75) is 4.90 Å². The van der Waals surface area contributed by atoms with Gasteiger partial charge in [-0.05, 0) is 12.1 Å². The van der Waals surface area contributed by atoms with Gasteiger partial charge in [0.25, 0.3) is 0 Å². The number of carboxylic acid groups (broad SMARTS) is 1. The van der Waals surface area contributed by atoms with Crippen LogP contribution in [0.4, 0.5) is 0 Å². The van der Waals surface area contributed by atoms with Crippen LogP contribution >= 0.6 is 23.4 Å². The lowest BCUT2D eigenvalue weighted by Gasteiger charge is -2.09. The van der Waals surface area contributed by atoms with Crippen molar-refractivity contribution in [1.29, 1.82) is 0 Å². The quantitative estimate of drug-likeness (QED) is 0.280. The fraction of sp³-hybridized carbons (Fsp3) is 0. The van der Waals surface area contributed by atoms with Gasteiger partial charge in [0.15, 0.2) is 0 Å². The van der Waals surface area contributed by atoms with Crippen molar-refractivity contribution in [3.63, 3.8) is 0 Å². The number of rotatable bonds is 4. The number of thioether (sulfide) groups is 1. The van der Waals surface area contributed by atoms with E-state index < -0.39 is 5.97 Å². The molecule has 0 bridgehead atoms. The highest BCUT2D eigenvalue weighted by Crippen LogP contribution is 2.31. The van der Waals surface area contributed by atoms with Gasteiger partial charge in [0.2, 0.25) is 0 Å². The first kappa shape index (κ1) is 12.7. The third-order valence-corrected chi connectivity index (χ3v) is 3.21. The van der Waals surface area contributed by atoms with Crippen molar-refractivity contribution in [1.82, 2.24) is 5.43 Å². The summed E-state index contributed by atoms with van der Waals surface area (Å²) in [5.41, 5.74) is 7.23. The molecule has 0 saturated heterocycles. The molecule has 1 rings (SSSR count). The Morgan fingerprint density at radius 2 is 2.06 bits per heavy atom. The van der Waals surface area contributed by atoms with Crippen LogP contribution in [0.5, 0.6) is 0 Å². The molecule has 0 spiro atoms. The molecule has 0 radical (unpaired) electrons. The Labute approximate surface area is 101 Å². The summed E-state index contributed by atoms with van der Waals surface area (Å²) in [7, 11) is 0. The molecule has 5 nitrogen and oxygen atoms in total. The fourth-order valence-corrected chi connectivity index (χ4v) is 1.94. The predicted molar refractivity (Wildman–Crippen MR) is 63.5 cm³/mol. The zero-order valence-corrected chi connectivity index (χ0v) is 9.68. The lowest BCUT2D eigenvalue weighted by Crippen LogP contribution is -2.26. The standard InChI is InChI=1S/C9H10ClN3O2S/c10-5-3-1-2-4-6(5)16-8(13-12)7(11)9(14)15/h1-4,13H,11-12H2,(H,14,15)/b8-7+. The molecule has 6 N–H and O–H groups in total. The van der Waals surface area contributed by atoms with Gasteiger partial charge in [-0.25, -0.2) is 10.6 Å². The number of hydrazine groups is 1. The Hall–Kier alpha value is -1.37. The number of nitrogens with one attached hydrogen (secondary N) is 1. The maximum absolute atomic E-state index is 10.7. The molecular formula is C9H10ClN3O2S. The molecule has 0 aliphatic rings. The molecule has 0 heterocycles. The van der Waals surface area contributed by atoms with Crippen LogP contribution in [0.25, 0.3) is 0 Å². The molecule has 0 aromatic heterocycles. The molecule has 0 aliphatic carbocycles.